The van der Waals surface area contributed by atoms with Gasteiger partial charge in [-0.1, -0.05) is 0 Å². The Labute approximate surface area is 156 Å². The average molecular weight is 358 g/mol. The molecule has 4 rings (SSSR count). The van der Waals surface area contributed by atoms with Crippen LogP contribution in [0.25, 0.3) is 10.9 Å². The highest BCUT2D eigenvalue weighted by atomic mass is 16.5. The molecule has 2 aromatic carbocycles. The predicted molar refractivity (Wildman–Crippen MR) is 105 cm³/mol. The summed E-state index contributed by atoms with van der Waals surface area (Å²) in [5.74, 6) is 1.88. The Bertz CT molecular complexity index is 1110. The van der Waals surface area contributed by atoms with E-state index in [1.54, 1.807) is 12.4 Å². The molecule has 0 saturated carbocycles. The number of nitrogen functional groups attached to an aromatic ring is 1. The Morgan fingerprint density at radius 3 is 2.59 bits per heavy atom. The molecule has 0 bridgehead atoms. The van der Waals surface area contributed by atoms with E-state index in [9.17, 15) is 0 Å². The highest BCUT2D eigenvalue weighted by Gasteiger charge is 2.08. The van der Waals surface area contributed by atoms with Crippen LogP contribution in [0.5, 0.6) is 11.6 Å². The van der Waals surface area contributed by atoms with Crippen LogP contribution in [0, 0.1) is 13.8 Å². The van der Waals surface area contributed by atoms with Crippen molar-refractivity contribution < 1.29 is 4.74 Å². The molecule has 0 unspecified atom stereocenters. The lowest BCUT2D eigenvalue weighted by molar-refractivity contribution is 0.456. The van der Waals surface area contributed by atoms with Gasteiger partial charge in [-0.15, -0.1) is 0 Å². The van der Waals surface area contributed by atoms with Gasteiger partial charge in [0.15, 0.2) is 0 Å². The summed E-state index contributed by atoms with van der Waals surface area (Å²) in [7, 11) is 0. The number of nitrogens with one attached hydrogen (secondary N) is 1. The van der Waals surface area contributed by atoms with E-state index < -0.39 is 0 Å². The zero-order valence-corrected chi connectivity index (χ0v) is 15.0. The van der Waals surface area contributed by atoms with E-state index in [-0.39, 0.29) is 0 Å². The van der Waals surface area contributed by atoms with Gasteiger partial charge in [0.2, 0.25) is 5.88 Å². The Hall–Kier alpha value is -3.74. The van der Waals surface area contributed by atoms with Crippen molar-refractivity contribution in [2.45, 2.75) is 13.8 Å². The Kier molecular flexibility index (Phi) is 4.25. The van der Waals surface area contributed by atoms with Gasteiger partial charge in [-0.05, 0) is 55.8 Å². The summed E-state index contributed by atoms with van der Waals surface area (Å²) in [6.45, 7) is 3.85. The number of benzene rings is 2. The molecule has 0 saturated heterocycles. The number of fused-ring (bicyclic) bond motifs is 1. The summed E-state index contributed by atoms with van der Waals surface area (Å²) in [5, 5.41) is 4.19. The number of ether oxygens (including phenoxy) is 1. The fourth-order valence-corrected chi connectivity index (χ4v) is 2.70. The maximum absolute atomic E-state index is 5.90. The molecule has 0 amide bonds. The van der Waals surface area contributed by atoms with Gasteiger partial charge in [0, 0.05) is 16.8 Å². The van der Waals surface area contributed by atoms with E-state index in [1.165, 1.54) is 6.33 Å². The van der Waals surface area contributed by atoms with Gasteiger partial charge in [-0.25, -0.2) is 15.0 Å². The minimum absolute atomic E-state index is 0.460. The highest BCUT2D eigenvalue weighted by Crippen LogP contribution is 2.29. The van der Waals surface area contributed by atoms with Crippen LogP contribution in [-0.2, 0) is 0 Å². The molecular weight excluding hydrogens is 340 g/mol. The molecule has 3 N–H and O–H groups in total. The molecule has 2 aromatic heterocycles. The zero-order valence-electron chi connectivity index (χ0n) is 15.0. The summed E-state index contributed by atoms with van der Waals surface area (Å²) in [5.41, 5.74) is 10.1. The van der Waals surface area contributed by atoms with Crippen molar-refractivity contribution in [1.82, 2.24) is 19.9 Å². The number of nitrogens with two attached hydrogens (primary N) is 1. The number of hydrogen-bond donors (Lipinski definition) is 2. The first kappa shape index (κ1) is 16.7. The summed E-state index contributed by atoms with van der Waals surface area (Å²) in [6, 6.07) is 11.3. The molecule has 134 valence electrons. The second-order valence-electron chi connectivity index (χ2n) is 6.20. The SMILES string of the molecule is Cc1cnc(Oc2ccc(Nc3ncnc4ccc(N)cc34)cc2C)cn1. The monoisotopic (exact) mass is 358 g/mol. The van der Waals surface area contributed by atoms with E-state index in [4.69, 9.17) is 10.5 Å². The topological polar surface area (TPSA) is 98.8 Å². The molecule has 4 aromatic rings. The summed E-state index contributed by atoms with van der Waals surface area (Å²) in [6.07, 6.45) is 4.81. The number of anilines is 3. The average Bonchev–Trinajstić information content (AvgIpc) is 2.66. The van der Waals surface area contributed by atoms with Gasteiger partial charge < -0.3 is 15.8 Å². The van der Waals surface area contributed by atoms with Crippen LogP contribution in [0.3, 0.4) is 0 Å². The lowest BCUT2D eigenvalue weighted by atomic mass is 10.2. The lowest BCUT2D eigenvalue weighted by Gasteiger charge is -2.12. The number of aryl methyl sites for hydroxylation is 2. The van der Waals surface area contributed by atoms with E-state index in [2.05, 4.69) is 25.3 Å². The molecule has 0 atom stereocenters. The normalized spacial score (nSPS) is 10.7. The van der Waals surface area contributed by atoms with Gasteiger partial charge >= 0.3 is 0 Å². The summed E-state index contributed by atoms with van der Waals surface area (Å²) >= 11 is 0. The van der Waals surface area contributed by atoms with Crippen LogP contribution >= 0.6 is 0 Å². The first-order valence-electron chi connectivity index (χ1n) is 8.43. The van der Waals surface area contributed by atoms with Crippen molar-refractivity contribution in [3.8, 4) is 11.6 Å². The van der Waals surface area contributed by atoms with Crippen LogP contribution in [0.2, 0.25) is 0 Å². The van der Waals surface area contributed by atoms with E-state index in [0.29, 0.717) is 17.4 Å². The molecule has 0 spiro atoms. The maximum atomic E-state index is 5.90. The smallest absolute Gasteiger partial charge is 0.237 e. The third-order valence-electron chi connectivity index (χ3n) is 4.07. The lowest BCUT2D eigenvalue weighted by Crippen LogP contribution is -1.98. The predicted octanol–water partition coefficient (Wildman–Crippen LogP) is 4.15. The molecule has 0 aliphatic carbocycles. The van der Waals surface area contributed by atoms with Crippen molar-refractivity contribution in [3.63, 3.8) is 0 Å². The van der Waals surface area contributed by atoms with Crippen LogP contribution in [0.1, 0.15) is 11.3 Å². The van der Waals surface area contributed by atoms with E-state index >= 15 is 0 Å². The minimum atomic E-state index is 0.460. The Morgan fingerprint density at radius 2 is 1.81 bits per heavy atom. The summed E-state index contributed by atoms with van der Waals surface area (Å²) < 4.78 is 5.81. The molecule has 2 heterocycles. The van der Waals surface area contributed by atoms with Crippen LogP contribution in [0.15, 0.2) is 55.1 Å². The largest absolute Gasteiger partial charge is 0.437 e. The number of rotatable bonds is 4. The standard InChI is InChI=1S/C20H18N6O/c1-12-7-15(4-6-18(12)27-19-10-22-13(2)9-23-19)26-20-16-8-14(21)3-5-17(16)24-11-25-20/h3-11H,21H2,1-2H3,(H,24,25,26). The van der Waals surface area contributed by atoms with Crippen molar-refractivity contribution in [1.29, 1.82) is 0 Å². The van der Waals surface area contributed by atoms with Gasteiger partial charge in [-0.3, -0.25) is 4.98 Å². The molecule has 0 fully saturated rings. The van der Waals surface area contributed by atoms with Crippen molar-refractivity contribution >= 4 is 28.1 Å². The van der Waals surface area contributed by atoms with Gasteiger partial charge in [0.1, 0.15) is 17.9 Å². The number of hydrogen-bond acceptors (Lipinski definition) is 7. The molecule has 7 nitrogen and oxygen atoms in total. The fraction of sp³-hybridized carbons (Fsp3) is 0.100. The van der Waals surface area contributed by atoms with Crippen LogP contribution in [-0.4, -0.2) is 19.9 Å². The molecule has 0 aliphatic heterocycles. The highest BCUT2D eigenvalue weighted by molar-refractivity contribution is 5.92. The Morgan fingerprint density at radius 1 is 0.926 bits per heavy atom. The number of aromatic nitrogens is 4. The first-order valence-corrected chi connectivity index (χ1v) is 8.43. The third kappa shape index (κ3) is 3.62. The van der Waals surface area contributed by atoms with Gasteiger partial charge in [0.25, 0.3) is 0 Å². The fourth-order valence-electron chi connectivity index (χ4n) is 2.70. The van der Waals surface area contributed by atoms with Gasteiger partial charge in [0.05, 0.1) is 23.6 Å². The van der Waals surface area contributed by atoms with Crippen LogP contribution in [0.4, 0.5) is 17.2 Å². The molecule has 0 radical (unpaired) electrons. The number of nitrogens with zero attached hydrogens (tertiary/aromatic N) is 4. The van der Waals surface area contributed by atoms with Crippen molar-refractivity contribution in [3.05, 3.63) is 66.4 Å². The van der Waals surface area contributed by atoms with E-state index in [0.717, 1.165) is 33.6 Å². The quantitative estimate of drug-likeness (QED) is 0.529. The minimum Gasteiger partial charge on any atom is -0.437 e. The third-order valence-corrected chi connectivity index (χ3v) is 4.07. The molecular formula is C20H18N6O. The molecule has 27 heavy (non-hydrogen) atoms. The zero-order chi connectivity index (χ0) is 18.8. The van der Waals surface area contributed by atoms with Crippen molar-refractivity contribution in [2.24, 2.45) is 0 Å². The van der Waals surface area contributed by atoms with Crippen molar-refractivity contribution in [2.75, 3.05) is 11.1 Å². The first-order chi connectivity index (χ1) is 13.1. The second-order valence-corrected chi connectivity index (χ2v) is 6.20. The molecule has 7 heteroatoms. The Balaban J connectivity index is 1.60. The van der Waals surface area contributed by atoms with E-state index in [1.807, 2.05) is 50.2 Å². The van der Waals surface area contributed by atoms with Gasteiger partial charge in [-0.2, -0.15) is 0 Å². The second kappa shape index (κ2) is 6.87. The summed E-state index contributed by atoms with van der Waals surface area (Å²) in [4.78, 5) is 17.0. The molecule has 0 aliphatic rings. The maximum Gasteiger partial charge on any atom is 0.237 e. The van der Waals surface area contributed by atoms with Crippen LogP contribution < -0.4 is 15.8 Å².